The molecule has 0 bridgehead atoms. The van der Waals surface area contributed by atoms with Crippen LogP contribution in [0.25, 0.3) is 10.4 Å². The third-order valence-corrected chi connectivity index (χ3v) is 4.63. The van der Waals surface area contributed by atoms with Crippen LogP contribution in [0, 0.1) is 5.82 Å². The zero-order valence-corrected chi connectivity index (χ0v) is 14.1. The molecule has 1 atom stereocenters. The molecule has 134 valence electrons. The minimum atomic E-state index is -0.554. The largest absolute Gasteiger partial charge is 0.444 e. The SMILES string of the molecule is CCN1CCN(c2ccc(N3C[C@H](CN=[N+]=[N-])OC3=O)cc2F)CC1. The lowest BCUT2D eigenvalue weighted by Gasteiger charge is -2.35. The Bertz CT molecular complexity index is 685. The number of rotatable bonds is 5. The number of azide groups is 1. The Morgan fingerprint density at radius 2 is 2.12 bits per heavy atom. The molecule has 2 aliphatic rings. The second kappa shape index (κ2) is 7.58. The summed E-state index contributed by atoms with van der Waals surface area (Å²) < 4.78 is 19.7. The molecular weight excluding hydrogens is 327 g/mol. The second-order valence-electron chi connectivity index (χ2n) is 6.09. The Kier molecular flexibility index (Phi) is 5.25. The van der Waals surface area contributed by atoms with Crippen LogP contribution in [0.15, 0.2) is 23.3 Å². The Hall–Kier alpha value is -2.51. The molecule has 25 heavy (non-hydrogen) atoms. The molecule has 1 aromatic carbocycles. The highest BCUT2D eigenvalue weighted by atomic mass is 19.1. The summed E-state index contributed by atoms with van der Waals surface area (Å²) in [5.74, 6) is -0.353. The van der Waals surface area contributed by atoms with Crippen molar-refractivity contribution in [3.8, 4) is 0 Å². The van der Waals surface area contributed by atoms with Crippen molar-refractivity contribution in [2.75, 3.05) is 55.6 Å². The van der Waals surface area contributed by atoms with Gasteiger partial charge in [-0.3, -0.25) is 4.90 Å². The predicted octanol–water partition coefficient (Wildman–Crippen LogP) is 2.60. The van der Waals surface area contributed by atoms with E-state index in [1.165, 1.54) is 11.0 Å². The average Bonchev–Trinajstić information content (AvgIpc) is 3.00. The molecule has 9 heteroatoms. The fraction of sp³-hybridized carbons (Fsp3) is 0.562. The van der Waals surface area contributed by atoms with Crippen molar-refractivity contribution in [2.24, 2.45) is 5.11 Å². The molecule has 3 rings (SSSR count). The van der Waals surface area contributed by atoms with E-state index < -0.39 is 12.2 Å². The number of anilines is 2. The normalized spacial score (nSPS) is 21.2. The number of likely N-dealkylation sites (N-methyl/N-ethyl adjacent to an activating group) is 1. The summed E-state index contributed by atoms with van der Waals surface area (Å²) in [7, 11) is 0. The Morgan fingerprint density at radius 3 is 2.76 bits per heavy atom. The van der Waals surface area contributed by atoms with E-state index >= 15 is 0 Å². The number of carbonyl (C=O) groups excluding carboxylic acids is 1. The van der Waals surface area contributed by atoms with Crippen molar-refractivity contribution in [3.05, 3.63) is 34.5 Å². The van der Waals surface area contributed by atoms with Crippen LogP contribution in [-0.2, 0) is 4.74 Å². The van der Waals surface area contributed by atoms with Gasteiger partial charge in [0.1, 0.15) is 11.9 Å². The molecule has 0 aliphatic carbocycles. The van der Waals surface area contributed by atoms with E-state index in [1.54, 1.807) is 12.1 Å². The maximum Gasteiger partial charge on any atom is 0.414 e. The van der Waals surface area contributed by atoms with E-state index in [0.717, 1.165) is 32.7 Å². The molecule has 1 amide bonds. The molecule has 0 unspecified atom stereocenters. The van der Waals surface area contributed by atoms with Gasteiger partial charge in [-0.2, -0.15) is 0 Å². The lowest BCUT2D eigenvalue weighted by Crippen LogP contribution is -2.46. The molecule has 2 heterocycles. The van der Waals surface area contributed by atoms with Crippen LogP contribution in [0.5, 0.6) is 0 Å². The summed E-state index contributed by atoms with van der Waals surface area (Å²) in [5.41, 5.74) is 9.34. The Labute approximate surface area is 145 Å². The van der Waals surface area contributed by atoms with E-state index in [-0.39, 0.29) is 18.9 Å². The summed E-state index contributed by atoms with van der Waals surface area (Å²) in [6, 6.07) is 4.79. The van der Waals surface area contributed by atoms with Crippen molar-refractivity contribution in [1.29, 1.82) is 0 Å². The standard InChI is InChI=1S/C16H21FN6O2/c1-2-21-5-7-22(8-6-21)15-4-3-12(9-14(15)17)23-11-13(10-19-20-18)25-16(23)24/h3-4,9,13H,2,5-8,10-11H2,1H3/t13-/m0/s1. The van der Waals surface area contributed by atoms with Gasteiger partial charge >= 0.3 is 6.09 Å². The Balaban J connectivity index is 1.70. The van der Waals surface area contributed by atoms with Crippen LogP contribution >= 0.6 is 0 Å². The van der Waals surface area contributed by atoms with E-state index in [4.69, 9.17) is 10.3 Å². The van der Waals surface area contributed by atoms with Crippen LogP contribution in [0.3, 0.4) is 0 Å². The first-order valence-corrected chi connectivity index (χ1v) is 8.38. The zero-order chi connectivity index (χ0) is 17.8. The number of amides is 1. The number of benzene rings is 1. The molecule has 2 aliphatic heterocycles. The predicted molar refractivity (Wildman–Crippen MR) is 92.4 cm³/mol. The van der Waals surface area contributed by atoms with Crippen LogP contribution in [0.1, 0.15) is 6.92 Å². The molecule has 2 fully saturated rings. The minimum absolute atomic E-state index is 0.0704. The van der Waals surface area contributed by atoms with Crippen molar-refractivity contribution < 1.29 is 13.9 Å². The molecule has 1 aromatic rings. The maximum atomic E-state index is 14.6. The molecule has 2 saturated heterocycles. The fourth-order valence-electron chi connectivity index (χ4n) is 3.18. The first-order chi connectivity index (χ1) is 12.1. The lowest BCUT2D eigenvalue weighted by molar-refractivity contribution is 0.145. The topological polar surface area (TPSA) is 84.8 Å². The maximum absolute atomic E-state index is 14.6. The number of ether oxygens (including phenoxy) is 1. The van der Waals surface area contributed by atoms with Gasteiger partial charge in [0.25, 0.3) is 0 Å². The molecule has 0 spiro atoms. The first-order valence-electron chi connectivity index (χ1n) is 8.38. The van der Waals surface area contributed by atoms with Crippen molar-refractivity contribution >= 4 is 17.5 Å². The van der Waals surface area contributed by atoms with Gasteiger partial charge in [0, 0.05) is 31.1 Å². The van der Waals surface area contributed by atoms with E-state index in [2.05, 4.69) is 21.8 Å². The van der Waals surface area contributed by atoms with Crippen molar-refractivity contribution in [3.63, 3.8) is 0 Å². The highest BCUT2D eigenvalue weighted by molar-refractivity contribution is 5.90. The average molecular weight is 348 g/mol. The van der Waals surface area contributed by atoms with Gasteiger partial charge in [0.15, 0.2) is 0 Å². The van der Waals surface area contributed by atoms with Gasteiger partial charge in [-0.15, -0.1) is 0 Å². The molecular formula is C16H21FN6O2. The van der Waals surface area contributed by atoms with E-state index in [0.29, 0.717) is 11.4 Å². The van der Waals surface area contributed by atoms with Crippen LogP contribution < -0.4 is 9.80 Å². The van der Waals surface area contributed by atoms with Gasteiger partial charge in [-0.1, -0.05) is 12.0 Å². The summed E-state index contributed by atoms with van der Waals surface area (Å²) in [5, 5.41) is 3.41. The van der Waals surface area contributed by atoms with Crippen LogP contribution in [0.4, 0.5) is 20.6 Å². The number of hydrogen-bond acceptors (Lipinski definition) is 5. The second-order valence-corrected chi connectivity index (χ2v) is 6.09. The van der Waals surface area contributed by atoms with Crippen molar-refractivity contribution in [2.45, 2.75) is 13.0 Å². The van der Waals surface area contributed by atoms with Crippen molar-refractivity contribution in [1.82, 2.24) is 4.90 Å². The fourth-order valence-corrected chi connectivity index (χ4v) is 3.18. The van der Waals surface area contributed by atoms with Gasteiger partial charge in [-0.25, -0.2) is 9.18 Å². The highest BCUT2D eigenvalue weighted by Gasteiger charge is 2.32. The number of halogens is 1. The number of carbonyl (C=O) groups is 1. The molecule has 0 radical (unpaired) electrons. The number of nitrogens with zero attached hydrogens (tertiary/aromatic N) is 6. The lowest BCUT2D eigenvalue weighted by atomic mass is 10.2. The number of hydrogen-bond donors (Lipinski definition) is 0. The molecule has 0 N–H and O–H groups in total. The number of piperazine rings is 1. The van der Waals surface area contributed by atoms with Gasteiger partial charge in [-0.05, 0) is 30.3 Å². The molecule has 0 aromatic heterocycles. The van der Waals surface area contributed by atoms with Gasteiger partial charge < -0.3 is 14.5 Å². The monoisotopic (exact) mass is 348 g/mol. The summed E-state index contributed by atoms with van der Waals surface area (Å²) in [6.07, 6.45) is -1.06. The Morgan fingerprint density at radius 1 is 1.36 bits per heavy atom. The molecule has 0 saturated carbocycles. The van der Waals surface area contributed by atoms with Crippen LogP contribution in [0.2, 0.25) is 0 Å². The quantitative estimate of drug-likeness (QED) is 0.465. The highest BCUT2D eigenvalue weighted by Crippen LogP contribution is 2.28. The van der Waals surface area contributed by atoms with Crippen LogP contribution in [-0.4, -0.2) is 62.9 Å². The third-order valence-electron chi connectivity index (χ3n) is 4.63. The minimum Gasteiger partial charge on any atom is -0.444 e. The van der Waals surface area contributed by atoms with Gasteiger partial charge in [0.05, 0.1) is 24.5 Å². The smallest absolute Gasteiger partial charge is 0.414 e. The number of cyclic esters (lactones) is 1. The summed E-state index contributed by atoms with van der Waals surface area (Å²) in [6.45, 7) is 6.83. The zero-order valence-electron chi connectivity index (χ0n) is 14.1. The van der Waals surface area contributed by atoms with E-state index in [1.807, 2.05) is 4.90 Å². The van der Waals surface area contributed by atoms with Gasteiger partial charge in [0.2, 0.25) is 0 Å². The first kappa shape index (κ1) is 17.3. The molecule has 8 nitrogen and oxygen atoms in total. The summed E-state index contributed by atoms with van der Waals surface area (Å²) in [4.78, 5) is 20.3. The third kappa shape index (κ3) is 3.78. The van der Waals surface area contributed by atoms with E-state index in [9.17, 15) is 9.18 Å². The summed E-state index contributed by atoms with van der Waals surface area (Å²) >= 11 is 0.